The van der Waals surface area contributed by atoms with Crippen LogP contribution in [0.4, 0.5) is 0 Å². The average molecular weight is 256 g/mol. The highest BCUT2D eigenvalue weighted by Gasteiger charge is 2.39. The van der Waals surface area contributed by atoms with Crippen LogP contribution in [0.1, 0.15) is 45.4 Å². The maximum Gasteiger partial charge on any atom is 0.240 e. The number of hydrogen-bond donors (Lipinski definition) is 2. The molecule has 2 aliphatic rings. The van der Waals surface area contributed by atoms with Crippen LogP contribution in [0.5, 0.6) is 0 Å². The molecule has 2 heterocycles. The van der Waals surface area contributed by atoms with E-state index in [-0.39, 0.29) is 11.4 Å². The summed E-state index contributed by atoms with van der Waals surface area (Å²) in [5.74, 6) is 1.50. The predicted molar refractivity (Wildman–Crippen MR) is 73.4 cm³/mol. The Hall–Kier alpha value is -0.220. The summed E-state index contributed by atoms with van der Waals surface area (Å²) in [6, 6.07) is 0. The summed E-state index contributed by atoms with van der Waals surface area (Å²) in [6.45, 7) is 4.00. The van der Waals surface area contributed by atoms with Crippen molar-refractivity contribution in [2.75, 3.05) is 18.8 Å². The normalized spacial score (nSPS) is 32.9. The summed E-state index contributed by atoms with van der Waals surface area (Å²) >= 11 is 2.00. The number of thioether (sulfide) groups is 1. The van der Waals surface area contributed by atoms with E-state index in [1.165, 1.54) is 18.6 Å². The van der Waals surface area contributed by atoms with Crippen LogP contribution in [0.2, 0.25) is 0 Å². The Morgan fingerprint density at radius 1 is 1.53 bits per heavy atom. The van der Waals surface area contributed by atoms with Crippen molar-refractivity contribution >= 4 is 17.7 Å². The lowest BCUT2D eigenvalue weighted by Gasteiger charge is -2.28. The Labute approximate surface area is 108 Å². The van der Waals surface area contributed by atoms with Gasteiger partial charge in [0.25, 0.3) is 0 Å². The number of carbonyl (C=O) groups excluding carboxylic acids is 1. The van der Waals surface area contributed by atoms with Crippen LogP contribution in [0.25, 0.3) is 0 Å². The molecule has 0 aliphatic carbocycles. The average Bonchev–Trinajstić information content (AvgIpc) is 2.97. The summed E-state index contributed by atoms with van der Waals surface area (Å²) in [6.07, 6.45) is 6.74. The van der Waals surface area contributed by atoms with E-state index in [0.717, 1.165) is 38.8 Å². The van der Waals surface area contributed by atoms with E-state index in [1.807, 2.05) is 11.8 Å². The molecule has 1 amide bonds. The molecule has 17 heavy (non-hydrogen) atoms. The molecule has 2 fully saturated rings. The molecule has 0 aromatic heterocycles. The van der Waals surface area contributed by atoms with E-state index >= 15 is 0 Å². The van der Waals surface area contributed by atoms with Crippen LogP contribution in [0.15, 0.2) is 0 Å². The SMILES string of the molecule is CCCC1(C(=O)NCC2CCCS2)CCCN1. The quantitative estimate of drug-likeness (QED) is 0.789. The second kappa shape index (κ2) is 6.10. The third kappa shape index (κ3) is 3.16. The minimum absolute atomic E-state index is 0.240. The zero-order valence-corrected chi connectivity index (χ0v) is 11.6. The molecule has 0 aromatic rings. The van der Waals surface area contributed by atoms with E-state index in [9.17, 15) is 4.79 Å². The molecule has 2 atom stereocenters. The van der Waals surface area contributed by atoms with E-state index in [2.05, 4.69) is 17.6 Å². The largest absolute Gasteiger partial charge is 0.353 e. The number of carbonyl (C=O) groups is 1. The van der Waals surface area contributed by atoms with Gasteiger partial charge < -0.3 is 10.6 Å². The number of hydrogen-bond acceptors (Lipinski definition) is 3. The van der Waals surface area contributed by atoms with Gasteiger partial charge in [0.1, 0.15) is 0 Å². The molecule has 4 heteroatoms. The monoisotopic (exact) mass is 256 g/mol. The third-order valence-corrected chi connectivity index (χ3v) is 5.27. The number of nitrogens with one attached hydrogen (secondary N) is 2. The van der Waals surface area contributed by atoms with Crippen molar-refractivity contribution in [2.45, 2.75) is 56.2 Å². The van der Waals surface area contributed by atoms with E-state index in [4.69, 9.17) is 0 Å². The standard InChI is InChI=1S/C13H24N2OS/c1-2-6-13(7-4-8-15-13)12(16)14-10-11-5-3-9-17-11/h11,15H,2-10H2,1H3,(H,14,16). The highest BCUT2D eigenvalue weighted by atomic mass is 32.2. The Bertz CT molecular complexity index is 258. The second-order valence-electron chi connectivity index (χ2n) is 5.21. The fraction of sp³-hybridized carbons (Fsp3) is 0.923. The molecule has 2 rings (SSSR count). The molecule has 0 spiro atoms. The van der Waals surface area contributed by atoms with Crippen molar-refractivity contribution in [1.82, 2.24) is 10.6 Å². The van der Waals surface area contributed by atoms with Gasteiger partial charge in [0.15, 0.2) is 0 Å². The van der Waals surface area contributed by atoms with Crippen molar-refractivity contribution < 1.29 is 4.79 Å². The second-order valence-corrected chi connectivity index (χ2v) is 6.62. The van der Waals surface area contributed by atoms with Gasteiger partial charge in [-0.3, -0.25) is 4.79 Å². The van der Waals surface area contributed by atoms with Crippen molar-refractivity contribution in [3.05, 3.63) is 0 Å². The summed E-state index contributed by atoms with van der Waals surface area (Å²) in [4.78, 5) is 12.3. The van der Waals surface area contributed by atoms with Crippen molar-refractivity contribution in [1.29, 1.82) is 0 Å². The maximum absolute atomic E-state index is 12.3. The first kappa shape index (κ1) is 13.2. The summed E-state index contributed by atoms with van der Waals surface area (Å²) < 4.78 is 0. The van der Waals surface area contributed by atoms with E-state index < -0.39 is 0 Å². The van der Waals surface area contributed by atoms with Crippen molar-refractivity contribution in [3.63, 3.8) is 0 Å². The number of amides is 1. The molecule has 2 N–H and O–H groups in total. The summed E-state index contributed by atoms with van der Waals surface area (Å²) in [7, 11) is 0. The van der Waals surface area contributed by atoms with Gasteiger partial charge in [0, 0.05) is 11.8 Å². The van der Waals surface area contributed by atoms with Gasteiger partial charge in [-0.05, 0) is 44.4 Å². The third-order valence-electron chi connectivity index (χ3n) is 3.87. The fourth-order valence-corrected chi connectivity index (χ4v) is 4.14. The van der Waals surface area contributed by atoms with Crippen LogP contribution in [0.3, 0.4) is 0 Å². The molecule has 98 valence electrons. The Morgan fingerprint density at radius 3 is 3.00 bits per heavy atom. The highest BCUT2D eigenvalue weighted by molar-refractivity contribution is 8.00. The summed E-state index contributed by atoms with van der Waals surface area (Å²) in [5, 5.41) is 7.25. The summed E-state index contributed by atoms with van der Waals surface area (Å²) in [5.41, 5.74) is -0.252. The van der Waals surface area contributed by atoms with E-state index in [1.54, 1.807) is 0 Å². The molecular formula is C13H24N2OS. The molecule has 0 saturated carbocycles. The zero-order valence-electron chi connectivity index (χ0n) is 10.8. The predicted octanol–water partition coefficient (Wildman–Crippen LogP) is 1.92. The molecular weight excluding hydrogens is 232 g/mol. The first-order valence-corrected chi connectivity index (χ1v) is 7.97. The Balaban J connectivity index is 1.83. The molecule has 2 saturated heterocycles. The smallest absolute Gasteiger partial charge is 0.240 e. The van der Waals surface area contributed by atoms with Crippen molar-refractivity contribution in [2.24, 2.45) is 0 Å². The molecule has 0 radical (unpaired) electrons. The maximum atomic E-state index is 12.3. The van der Waals surface area contributed by atoms with Crippen LogP contribution >= 0.6 is 11.8 Å². The topological polar surface area (TPSA) is 41.1 Å². The van der Waals surface area contributed by atoms with Gasteiger partial charge in [0.05, 0.1) is 5.54 Å². The van der Waals surface area contributed by atoms with Gasteiger partial charge in [-0.1, -0.05) is 13.3 Å². The van der Waals surface area contributed by atoms with Gasteiger partial charge in [-0.15, -0.1) is 0 Å². The van der Waals surface area contributed by atoms with Crippen LogP contribution in [-0.2, 0) is 4.79 Å². The van der Waals surface area contributed by atoms with Crippen LogP contribution in [0, 0.1) is 0 Å². The first-order chi connectivity index (χ1) is 8.27. The molecule has 0 aromatic carbocycles. The highest BCUT2D eigenvalue weighted by Crippen LogP contribution is 2.27. The lowest BCUT2D eigenvalue weighted by atomic mass is 9.91. The lowest BCUT2D eigenvalue weighted by molar-refractivity contribution is -0.127. The van der Waals surface area contributed by atoms with Crippen LogP contribution < -0.4 is 10.6 Å². The van der Waals surface area contributed by atoms with Crippen molar-refractivity contribution in [3.8, 4) is 0 Å². The zero-order chi connectivity index (χ0) is 12.1. The van der Waals surface area contributed by atoms with Crippen LogP contribution in [-0.4, -0.2) is 35.5 Å². The minimum atomic E-state index is -0.252. The molecule has 0 bridgehead atoms. The first-order valence-electron chi connectivity index (χ1n) is 6.92. The minimum Gasteiger partial charge on any atom is -0.353 e. The van der Waals surface area contributed by atoms with Gasteiger partial charge >= 0.3 is 0 Å². The Kier molecular flexibility index (Phi) is 4.74. The molecule has 2 unspecified atom stereocenters. The van der Waals surface area contributed by atoms with E-state index in [0.29, 0.717) is 5.25 Å². The number of rotatable bonds is 5. The fourth-order valence-electron chi connectivity index (χ4n) is 2.93. The molecule has 2 aliphatic heterocycles. The van der Waals surface area contributed by atoms with Gasteiger partial charge in [-0.2, -0.15) is 11.8 Å². The Morgan fingerprint density at radius 2 is 2.41 bits per heavy atom. The lowest BCUT2D eigenvalue weighted by Crippen LogP contribution is -2.54. The molecule has 3 nitrogen and oxygen atoms in total. The van der Waals surface area contributed by atoms with Gasteiger partial charge in [0.2, 0.25) is 5.91 Å². The van der Waals surface area contributed by atoms with Gasteiger partial charge in [-0.25, -0.2) is 0 Å².